The summed E-state index contributed by atoms with van der Waals surface area (Å²) in [5.41, 5.74) is 1.41. The molecule has 0 atom stereocenters. The molecule has 9 nitrogen and oxygen atoms in total. The average molecular weight is 467 g/mol. The zero-order valence-corrected chi connectivity index (χ0v) is 19.8. The highest BCUT2D eigenvalue weighted by Gasteiger charge is 2.27. The van der Waals surface area contributed by atoms with Crippen LogP contribution in [0.5, 0.6) is 17.2 Å². The normalized spacial score (nSPS) is 13.6. The lowest BCUT2D eigenvalue weighted by atomic mass is 10.1. The monoisotopic (exact) mass is 466 g/mol. The molecular weight excluding hydrogens is 436 g/mol. The van der Waals surface area contributed by atoms with Crippen LogP contribution in [0, 0.1) is 0 Å². The Morgan fingerprint density at radius 3 is 2.12 bits per heavy atom. The summed E-state index contributed by atoms with van der Waals surface area (Å²) in [6.45, 7) is 9.31. The molecule has 1 saturated heterocycles. The molecule has 1 amide bonds. The third-order valence-corrected chi connectivity index (χ3v) is 5.44. The lowest BCUT2D eigenvalue weighted by molar-refractivity contribution is 0.0743. The van der Waals surface area contributed by atoms with Crippen LogP contribution in [0.4, 0.5) is 6.01 Å². The Balaban J connectivity index is 1.46. The number of carbonyl (C=O) groups is 1. The van der Waals surface area contributed by atoms with Crippen molar-refractivity contribution in [3.8, 4) is 28.6 Å². The Hall–Kier alpha value is -3.75. The summed E-state index contributed by atoms with van der Waals surface area (Å²) in [5.74, 6) is 2.02. The van der Waals surface area contributed by atoms with Crippen LogP contribution < -0.4 is 19.1 Å². The molecule has 0 spiro atoms. The summed E-state index contributed by atoms with van der Waals surface area (Å²) >= 11 is 0. The number of piperazine rings is 1. The number of aromatic nitrogens is 2. The number of rotatable bonds is 9. The molecule has 0 unspecified atom stereocenters. The number of carbonyl (C=O) groups excluding carboxylic acids is 1. The molecule has 2 aromatic carbocycles. The SMILES string of the molecule is CCOc1cc(C(=O)N2CCN(c3nc(-c4ccccc4)no3)CC2)cc(OCC)c1OCC. The van der Waals surface area contributed by atoms with E-state index in [0.29, 0.717) is 80.7 Å². The van der Waals surface area contributed by atoms with Gasteiger partial charge in [-0.15, -0.1) is 0 Å². The number of benzene rings is 2. The van der Waals surface area contributed by atoms with E-state index in [0.717, 1.165) is 5.56 Å². The van der Waals surface area contributed by atoms with Gasteiger partial charge >= 0.3 is 6.01 Å². The van der Waals surface area contributed by atoms with Crippen LogP contribution in [0.25, 0.3) is 11.4 Å². The molecular formula is C25H30N4O5. The minimum atomic E-state index is -0.0832. The molecule has 0 radical (unpaired) electrons. The standard InChI is InChI=1S/C25H30N4O5/c1-4-31-20-16-19(17-21(32-5-2)22(20)33-6-3)24(30)28-12-14-29(15-13-28)25-26-23(27-34-25)18-10-8-7-9-11-18/h7-11,16-17H,4-6,12-15H2,1-3H3. The molecule has 180 valence electrons. The molecule has 4 rings (SSSR count). The second-order valence-electron chi connectivity index (χ2n) is 7.65. The van der Waals surface area contributed by atoms with Crippen molar-refractivity contribution >= 4 is 11.9 Å². The number of hydrogen-bond donors (Lipinski definition) is 0. The summed E-state index contributed by atoms with van der Waals surface area (Å²) < 4.78 is 22.7. The van der Waals surface area contributed by atoms with Crippen molar-refractivity contribution in [3.05, 3.63) is 48.0 Å². The van der Waals surface area contributed by atoms with Crippen LogP contribution >= 0.6 is 0 Å². The molecule has 0 N–H and O–H groups in total. The fraction of sp³-hybridized carbons (Fsp3) is 0.400. The van der Waals surface area contributed by atoms with Gasteiger partial charge in [-0.1, -0.05) is 35.5 Å². The first-order valence-electron chi connectivity index (χ1n) is 11.6. The van der Waals surface area contributed by atoms with E-state index in [-0.39, 0.29) is 5.91 Å². The Bertz CT molecular complexity index is 1070. The lowest BCUT2D eigenvalue weighted by Crippen LogP contribution is -2.49. The molecule has 34 heavy (non-hydrogen) atoms. The highest BCUT2D eigenvalue weighted by molar-refractivity contribution is 5.95. The van der Waals surface area contributed by atoms with Crippen LogP contribution in [0.2, 0.25) is 0 Å². The molecule has 1 aliphatic heterocycles. The fourth-order valence-electron chi connectivity index (χ4n) is 3.84. The second-order valence-corrected chi connectivity index (χ2v) is 7.65. The Morgan fingerprint density at radius 2 is 1.53 bits per heavy atom. The van der Waals surface area contributed by atoms with E-state index in [2.05, 4.69) is 10.1 Å². The van der Waals surface area contributed by atoms with Gasteiger partial charge in [0.1, 0.15) is 0 Å². The minimum Gasteiger partial charge on any atom is -0.490 e. The summed E-state index contributed by atoms with van der Waals surface area (Å²) in [4.78, 5) is 21.6. The predicted octanol–water partition coefficient (Wildman–Crippen LogP) is 3.90. The van der Waals surface area contributed by atoms with E-state index < -0.39 is 0 Å². The van der Waals surface area contributed by atoms with Gasteiger partial charge in [0.25, 0.3) is 5.91 Å². The molecule has 0 aliphatic carbocycles. The van der Waals surface area contributed by atoms with Gasteiger partial charge in [-0.2, -0.15) is 4.98 Å². The summed E-state index contributed by atoms with van der Waals surface area (Å²) in [6, 6.07) is 13.6. The summed E-state index contributed by atoms with van der Waals surface area (Å²) in [6.07, 6.45) is 0. The van der Waals surface area contributed by atoms with Gasteiger partial charge in [0.15, 0.2) is 11.5 Å². The maximum atomic E-state index is 13.3. The van der Waals surface area contributed by atoms with Gasteiger partial charge in [0, 0.05) is 37.3 Å². The maximum Gasteiger partial charge on any atom is 0.324 e. The van der Waals surface area contributed by atoms with E-state index in [1.807, 2.05) is 60.9 Å². The van der Waals surface area contributed by atoms with Crippen LogP contribution in [0.3, 0.4) is 0 Å². The first-order chi connectivity index (χ1) is 16.6. The first kappa shape index (κ1) is 23.4. The number of anilines is 1. The molecule has 1 aromatic heterocycles. The molecule has 1 aliphatic rings. The van der Waals surface area contributed by atoms with Gasteiger partial charge in [0.05, 0.1) is 19.8 Å². The number of amides is 1. The smallest absolute Gasteiger partial charge is 0.324 e. The van der Waals surface area contributed by atoms with Crippen molar-refractivity contribution in [1.29, 1.82) is 0 Å². The van der Waals surface area contributed by atoms with E-state index in [4.69, 9.17) is 18.7 Å². The van der Waals surface area contributed by atoms with Gasteiger partial charge < -0.3 is 28.5 Å². The fourth-order valence-corrected chi connectivity index (χ4v) is 3.84. The van der Waals surface area contributed by atoms with Crippen LogP contribution in [-0.2, 0) is 0 Å². The first-order valence-corrected chi connectivity index (χ1v) is 11.6. The van der Waals surface area contributed by atoms with Crippen molar-refractivity contribution in [1.82, 2.24) is 15.0 Å². The minimum absolute atomic E-state index is 0.0832. The third-order valence-electron chi connectivity index (χ3n) is 5.44. The number of ether oxygens (including phenoxy) is 3. The van der Waals surface area contributed by atoms with E-state index >= 15 is 0 Å². The zero-order valence-electron chi connectivity index (χ0n) is 19.8. The van der Waals surface area contributed by atoms with Gasteiger partial charge in [-0.05, 0) is 32.9 Å². The predicted molar refractivity (Wildman–Crippen MR) is 128 cm³/mol. The van der Waals surface area contributed by atoms with Crippen LogP contribution in [-0.4, -0.2) is 66.9 Å². The van der Waals surface area contributed by atoms with E-state index in [1.165, 1.54) is 0 Å². The van der Waals surface area contributed by atoms with Gasteiger partial charge in [-0.25, -0.2) is 0 Å². The molecule has 2 heterocycles. The zero-order chi connectivity index (χ0) is 23.9. The van der Waals surface area contributed by atoms with Crippen molar-refractivity contribution < 1.29 is 23.5 Å². The molecule has 1 fully saturated rings. The van der Waals surface area contributed by atoms with Gasteiger partial charge in [0.2, 0.25) is 11.6 Å². The number of hydrogen-bond acceptors (Lipinski definition) is 8. The topological polar surface area (TPSA) is 90.2 Å². The number of nitrogens with zero attached hydrogens (tertiary/aromatic N) is 4. The average Bonchev–Trinajstić information content (AvgIpc) is 3.37. The highest BCUT2D eigenvalue weighted by atomic mass is 16.5. The highest BCUT2D eigenvalue weighted by Crippen LogP contribution is 2.39. The van der Waals surface area contributed by atoms with Crippen molar-refractivity contribution in [3.63, 3.8) is 0 Å². The maximum absolute atomic E-state index is 13.3. The second kappa shape index (κ2) is 10.9. The Kier molecular flexibility index (Phi) is 7.51. The summed E-state index contributed by atoms with van der Waals surface area (Å²) in [7, 11) is 0. The molecule has 0 bridgehead atoms. The summed E-state index contributed by atoms with van der Waals surface area (Å²) in [5, 5.41) is 4.09. The molecule has 9 heteroatoms. The van der Waals surface area contributed by atoms with Crippen molar-refractivity contribution in [2.45, 2.75) is 20.8 Å². The van der Waals surface area contributed by atoms with Crippen molar-refractivity contribution in [2.24, 2.45) is 0 Å². The van der Waals surface area contributed by atoms with Crippen LogP contribution in [0.15, 0.2) is 47.0 Å². The Morgan fingerprint density at radius 1 is 0.912 bits per heavy atom. The van der Waals surface area contributed by atoms with Crippen molar-refractivity contribution in [2.75, 3.05) is 50.9 Å². The van der Waals surface area contributed by atoms with Gasteiger partial charge in [-0.3, -0.25) is 4.79 Å². The van der Waals surface area contributed by atoms with E-state index in [1.54, 1.807) is 12.1 Å². The molecule has 0 saturated carbocycles. The lowest BCUT2D eigenvalue weighted by Gasteiger charge is -2.33. The molecule has 3 aromatic rings. The Labute approximate surface area is 199 Å². The van der Waals surface area contributed by atoms with E-state index in [9.17, 15) is 4.79 Å². The largest absolute Gasteiger partial charge is 0.490 e. The quantitative estimate of drug-likeness (QED) is 0.469. The third kappa shape index (κ3) is 5.08. The van der Waals surface area contributed by atoms with Crippen LogP contribution in [0.1, 0.15) is 31.1 Å².